The molecule has 0 bridgehead atoms. The van der Waals surface area contributed by atoms with Crippen molar-refractivity contribution in [3.05, 3.63) is 35.4 Å². The summed E-state index contributed by atoms with van der Waals surface area (Å²) in [5, 5.41) is 12.1. The molecule has 6 nitrogen and oxygen atoms in total. The number of nitrogens with zero attached hydrogens (tertiary/aromatic N) is 1. The van der Waals surface area contributed by atoms with E-state index >= 15 is 0 Å². The van der Waals surface area contributed by atoms with Crippen molar-refractivity contribution in [2.45, 2.75) is 51.0 Å². The molecule has 6 heteroatoms. The van der Waals surface area contributed by atoms with Crippen molar-refractivity contribution in [3.8, 4) is 0 Å². The summed E-state index contributed by atoms with van der Waals surface area (Å²) in [4.78, 5) is 38.2. The summed E-state index contributed by atoms with van der Waals surface area (Å²) in [6.07, 6.45) is 6.94. The molecule has 140 valence electrons. The smallest absolute Gasteiger partial charge is 0.336 e. The molecule has 1 saturated heterocycles. The van der Waals surface area contributed by atoms with Gasteiger partial charge in [0, 0.05) is 25.0 Å². The lowest BCUT2D eigenvalue weighted by molar-refractivity contribution is -0.137. The average molecular weight is 358 g/mol. The molecular weight excluding hydrogens is 332 g/mol. The van der Waals surface area contributed by atoms with E-state index in [4.69, 9.17) is 0 Å². The number of nitrogens with one attached hydrogen (secondary N) is 1. The lowest BCUT2D eigenvalue weighted by Gasteiger charge is -2.35. The third-order valence-electron chi connectivity index (χ3n) is 5.50. The Hall–Kier alpha value is -2.37. The Balaban J connectivity index is 1.53. The number of amides is 2. The van der Waals surface area contributed by atoms with Crippen LogP contribution in [-0.4, -0.2) is 46.9 Å². The number of hydrogen-bond acceptors (Lipinski definition) is 3. The second kappa shape index (κ2) is 8.34. The summed E-state index contributed by atoms with van der Waals surface area (Å²) >= 11 is 0. The van der Waals surface area contributed by atoms with Gasteiger partial charge in [0.15, 0.2) is 0 Å². The quantitative estimate of drug-likeness (QED) is 0.866. The van der Waals surface area contributed by atoms with Gasteiger partial charge in [0.05, 0.1) is 11.1 Å². The minimum absolute atomic E-state index is 0.00918. The highest BCUT2D eigenvalue weighted by Gasteiger charge is 2.30. The summed E-state index contributed by atoms with van der Waals surface area (Å²) in [7, 11) is 0. The van der Waals surface area contributed by atoms with Gasteiger partial charge in [0.25, 0.3) is 5.91 Å². The Morgan fingerprint density at radius 2 is 1.54 bits per heavy atom. The number of hydrogen-bond donors (Lipinski definition) is 2. The van der Waals surface area contributed by atoms with Crippen molar-refractivity contribution < 1.29 is 19.5 Å². The van der Waals surface area contributed by atoms with Gasteiger partial charge in [-0.25, -0.2) is 4.79 Å². The van der Waals surface area contributed by atoms with Gasteiger partial charge < -0.3 is 15.3 Å². The molecule has 2 N–H and O–H groups in total. The monoisotopic (exact) mass is 358 g/mol. The number of aromatic carboxylic acids is 1. The highest BCUT2D eigenvalue weighted by atomic mass is 16.4. The van der Waals surface area contributed by atoms with Crippen molar-refractivity contribution in [1.82, 2.24) is 10.2 Å². The number of carboxylic acids is 1. The molecule has 1 saturated carbocycles. The maximum atomic E-state index is 12.6. The molecule has 1 heterocycles. The van der Waals surface area contributed by atoms with Gasteiger partial charge in [-0.2, -0.15) is 0 Å². The van der Waals surface area contributed by atoms with Crippen molar-refractivity contribution in [3.63, 3.8) is 0 Å². The van der Waals surface area contributed by atoms with E-state index in [-0.39, 0.29) is 34.9 Å². The zero-order valence-corrected chi connectivity index (χ0v) is 14.9. The molecule has 0 spiro atoms. The predicted molar refractivity (Wildman–Crippen MR) is 97.0 cm³/mol. The number of benzene rings is 1. The summed E-state index contributed by atoms with van der Waals surface area (Å²) in [5.41, 5.74) is 0.190. The van der Waals surface area contributed by atoms with E-state index < -0.39 is 5.97 Å². The fourth-order valence-corrected chi connectivity index (χ4v) is 3.98. The van der Waals surface area contributed by atoms with E-state index in [2.05, 4.69) is 5.32 Å². The number of rotatable bonds is 4. The maximum absolute atomic E-state index is 12.6. The Morgan fingerprint density at radius 3 is 2.15 bits per heavy atom. The van der Waals surface area contributed by atoms with Crippen LogP contribution in [0.1, 0.15) is 65.7 Å². The van der Waals surface area contributed by atoms with E-state index in [1.807, 2.05) is 4.90 Å². The molecule has 2 aliphatic rings. The first kappa shape index (κ1) is 18.4. The number of carboxylic acid groups (broad SMARTS) is 1. The average Bonchev–Trinajstić information content (AvgIpc) is 2.68. The number of carbonyl (C=O) groups is 3. The van der Waals surface area contributed by atoms with E-state index in [0.29, 0.717) is 25.9 Å². The van der Waals surface area contributed by atoms with Gasteiger partial charge in [-0.1, -0.05) is 31.4 Å². The van der Waals surface area contributed by atoms with Crippen LogP contribution in [0.4, 0.5) is 0 Å². The Bertz CT molecular complexity index is 674. The zero-order valence-electron chi connectivity index (χ0n) is 14.9. The highest BCUT2D eigenvalue weighted by molar-refractivity contribution is 6.04. The van der Waals surface area contributed by atoms with Gasteiger partial charge in [-0.3, -0.25) is 9.59 Å². The summed E-state index contributed by atoms with van der Waals surface area (Å²) in [6.45, 7) is 1.31. The molecule has 1 aliphatic carbocycles. The Morgan fingerprint density at radius 1 is 0.923 bits per heavy atom. The molecule has 2 fully saturated rings. The largest absolute Gasteiger partial charge is 0.478 e. The number of carbonyl (C=O) groups excluding carboxylic acids is 2. The van der Waals surface area contributed by atoms with Gasteiger partial charge in [0.1, 0.15) is 0 Å². The van der Waals surface area contributed by atoms with E-state index in [1.54, 1.807) is 12.1 Å². The molecule has 0 atom stereocenters. The molecule has 3 rings (SSSR count). The Kier molecular flexibility index (Phi) is 5.91. The molecule has 1 aromatic rings. The molecule has 0 radical (unpaired) electrons. The standard InChI is InChI=1S/C20H26N2O4/c23-18(16-8-4-5-9-17(16)20(25)26)21-15-10-12-22(13-11-15)19(24)14-6-2-1-3-7-14/h4-5,8-9,14-15H,1-3,6-7,10-13H2,(H,21,23)(H,25,26). The SMILES string of the molecule is O=C(O)c1ccccc1C(=O)NC1CCN(C(=O)C2CCCCC2)CC1. The van der Waals surface area contributed by atoms with Gasteiger partial charge in [0.2, 0.25) is 5.91 Å². The molecule has 0 aromatic heterocycles. The van der Waals surface area contributed by atoms with E-state index in [9.17, 15) is 19.5 Å². The number of likely N-dealkylation sites (tertiary alicyclic amines) is 1. The van der Waals surface area contributed by atoms with Crippen LogP contribution in [-0.2, 0) is 4.79 Å². The van der Waals surface area contributed by atoms with Crippen LogP contribution in [0.15, 0.2) is 24.3 Å². The molecule has 1 aromatic carbocycles. The van der Waals surface area contributed by atoms with Gasteiger partial charge in [-0.05, 0) is 37.8 Å². The van der Waals surface area contributed by atoms with Crippen LogP contribution >= 0.6 is 0 Å². The van der Waals surface area contributed by atoms with E-state index in [1.165, 1.54) is 18.6 Å². The fourth-order valence-electron chi connectivity index (χ4n) is 3.98. The highest BCUT2D eigenvalue weighted by Crippen LogP contribution is 2.26. The van der Waals surface area contributed by atoms with E-state index in [0.717, 1.165) is 25.7 Å². The Labute approximate surface area is 153 Å². The topological polar surface area (TPSA) is 86.7 Å². The predicted octanol–water partition coefficient (Wildman–Crippen LogP) is 2.69. The van der Waals surface area contributed by atoms with Crippen LogP contribution in [0, 0.1) is 5.92 Å². The summed E-state index contributed by atoms with van der Waals surface area (Å²) in [5.74, 6) is -1.02. The van der Waals surface area contributed by atoms with Crippen molar-refractivity contribution in [1.29, 1.82) is 0 Å². The summed E-state index contributed by atoms with van der Waals surface area (Å²) in [6, 6.07) is 6.20. The van der Waals surface area contributed by atoms with Crippen LogP contribution in [0.3, 0.4) is 0 Å². The lowest BCUT2D eigenvalue weighted by Crippen LogP contribution is -2.48. The first-order valence-electron chi connectivity index (χ1n) is 9.48. The molecule has 1 aliphatic heterocycles. The van der Waals surface area contributed by atoms with Crippen LogP contribution < -0.4 is 5.32 Å². The van der Waals surface area contributed by atoms with Crippen LogP contribution in [0.25, 0.3) is 0 Å². The number of piperidine rings is 1. The summed E-state index contributed by atoms with van der Waals surface area (Å²) < 4.78 is 0. The lowest BCUT2D eigenvalue weighted by atomic mass is 9.87. The van der Waals surface area contributed by atoms with Crippen molar-refractivity contribution in [2.75, 3.05) is 13.1 Å². The molecule has 0 unspecified atom stereocenters. The third kappa shape index (κ3) is 4.23. The van der Waals surface area contributed by atoms with Crippen molar-refractivity contribution >= 4 is 17.8 Å². The normalized spacial score (nSPS) is 19.2. The van der Waals surface area contributed by atoms with Gasteiger partial charge >= 0.3 is 5.97 Å². The van der Waals surface area contributed by atoms with Crippen LogP contribution in [0.5, 0.6) is 0 Å². The van der Waals surface area contributed by atoms with Gasteiger partial charge in [-0.15, -0.1) is 0 Å². The third-order valence-corrected chi connectivity index (χ3v) is 5.50. The molecular formula is C20H26N2O4. The zero-order chi connectivity index (χ0) is 18.5. The maximum Gasteiger partial charge on any atom is 0.336 e. The first-order valence-corrected chi connectivity index (χ1v) is 9.48. The molecule has 26 heavy (non-hydrogen) atoms. The van der Waals surface area contributed by atoms with Crippen LogP contribution in [0.2, 0.25) is 0 Å². The second-order valence-corrected chi connectivity index (χ2v) is 7.26. The van der Waals surface area contributed by atoms with Crippen molar-refractivity contribution in [2.24, 2.45) is 5.92 Å². The fraction of sp³-hybridized carbons (Fsp3) is 0.550. The minimum Gasteiger partial charge on any atom is -0.478 e. The second-order valence-electron chi connectivity index (χ2n) is 7.26. The molecule has 2 amide bonds. The minimum atomic E-state index is -1.11. The first-order chi connectivity index (χ1) is 12.6.